The molecular weight excluding hydrogens is 266 g/mol. The van der Waals surface area contributed by atoms with Gasteiger partial charge in [0, 0.05) is 11.8 Å². The minimum absolute atomic E-state index is 0.145. The van der Waals surface area contributed by atoms with Crippen LogP contribution >= 0.6 is 0 Å². The third-order valence-electron chi connectivity index (χ3n) is 4.72. The summed E-state index contributed by atoms with van der Waals surface area (Å²) in [6.45, 7) is 0.571. The van der Waals surface area contributed by atoms with Crippen LogP contribution in [-0.4, -0.2) is 25.4 Å². The monoisotopic (exact) mass is 291 g/mol. The van der Waals surface area contributed by atoms with Gasteiger partial charge in [-0.2, -0.15) is 0 Å². The minimum Gasteiger partial charge on any atom is -0.493 e. The largest absolute Gasteiger partial charge is 0.493 e. The maximum absolute atomic E-state index is 6.32. The Morgan fingerprint density at radius 3 is 2.76 bits per heavy atom. The van der Waals surface area contributed by atoms with Crippen molar-refractivity contribution in [1.29, 1.82) is 0 Å². The second-order valence-corrected chi connectivity index (χ2v) is 6.24. The lowest BCUT2D eigenvalue weighted by atomic mass is 9.83. The maximum atomic E-state index is 6.32. The highest BCUT2D eigenvalue weighted by Gasteiger charge is 2.40. The van der Waals surface area contributed by atoms with Gasteiger partial charge >= 0.3 is 0 Å². The predicted molar refractivity (Wildman–Crippen MR) is 82.8 cm³/mol. The van der Waals surface area contributed by atoms with Gasteiger partial charge in [0.25, 0.3) is 0 Å². The number of hydrogen-bond acceptors (Lipinski definition) is 4. The molecule has 21 heavy (non-hydrogen) atoms. The lowest BCUT2D eigenvalue weighted by Gasteiger charge is -2.33. The van der Waals surface area contributed by atoms with E-state index in [1.165, 1.54) is 38.5 Å². The van der Waals surface area contributed by atoms with Gasteiger partial charge in [0.05, 0.1) is 18.8 Å². The van der Waals surface area contributed by atoms with E-state index in [0.29, 0.717) is 18.0 Å². The Kier molecular flexibility index (Phi) is 4.24. The Balaban J connectivity index is 1.57. The molecule has 4 heteroatoms. The van der Waals surface area contributed by atoms with Crippen LogP contribution in [0.5, 0.6) is 11.5 Å². The summed E-state index contributed by atoms with van der Waals surface area (Å²) in [7, 11) is 1.64. The van der Waals surface area contributed by atoms with Gasteiger partial charge in [0.2, 0.25) is 0 Å². The van der Waals surface area contributed by atoms with E-state index in [-0.39, 0.29) is 11.7 Å². The molecule has 3 rings (SSSR count). The molecule has 1 aliphatic heterocycles. The fourth-order valence-corrected chi connectivity index (χ4v) is 3.57. The molecule has 0 aromatic heterocycles. The van der Waals surface area contributed by atoms with Gasteiger partial charge in [0.1, 0.15) is 6.61 Å². The van der Waals surface area contributed by atoms with Crippen molar-refractivity contribution in [1.82, 2.24) is 0 Å². The average Bonchev–Trinajstić information content (AvgIpc) is 2.89. The van der Waals surface area contributed by atoms with Gasteiger partial charge in [0.15, 0.2) is 11.5 Å². The van der Waals surface area contributed by atoms with Gasteiger partial charge in [-0.15, -0.1) is 0 Å². The van der Waals surface area contributed by atoms with Crippen LogP contribution < -0.4 is 15.2 Å². The number of benzene rings is 1. The summed E-state index contributed by atoms with van der Waals surface area (Å²) in [6.07, 6.45) is 8.84. The molecule has 0 bridgehead atoms. The van der Waals surface area contributed by atoms with Crippen LogP contribution in [0.2, 0.25) is 0 Å². The van der Waals surface area contributed by atoms with Crippen LogP contribution in [0.15, 0.2) is 18.2 Å². The van der Waals surface area contributed by atoms with E-state index in [1.807, 2.05) is 18.2 Å². The normalized spacial score (nSPS) is 24.1. The van der Waals surface area contributed by atoms with Crippen molar-refractivity contribution < 1.29 is 14.2 Å². The van der Waals surface area contributed by atoms with Crippen molar-refractivity contribution in [2.45, 2.75) is 56.7 Å². The highest BCUT2D eigenvalue weighted by molar-refractivity contribution is 5.51. The Labute approximate surface area is 126 Å². The van der Waals surface area contributed by atoms with Crippen molar-refractivity contribution in [2.24, 2.45) is 0 Å². The Morgan fingerprint density at radius 2 is 2.00 bits per heavy atom. The topological polar surface area (TPSA) is 53.7 Å². The van der Waals surface area contributed by atoms with Crippen molar-refractivity contribution >= 4 is 5.69 Å². The molecule has 1 aromatic rings. The van der Waals surface area contributed by atoms with Crippen molar-refractivity contribution in [3.63, 3.8) is 0 Å². The summed E-state index contributed by atoms with van der Waals surface area (Å²) in [5.74, 6) is 1.42. The highest BCUT2D eigenvalue weighted by Crippen LogP contribution is 2.42. The lowest BCUT2D eigenvalue weighted by molar-refractivity contribution is -0.0749. The fraction of sp³-hybridized carbons (Fsp3) is 0.647. The van der Waals surface area contributed by atoms with E-state index >= 15 is 0 Å². The molecule has 1 spiro atoms. The zero-order valence-electron chi connectivity index (χ0n) is 12.8. The second-order valence-electron chi connectivity index (χ2n) is 6.24. The zero-order chi connectivity index (χ0) is 14.7. The number of hydrogen-bond donors (Lipinski definition) is 1. The van der Waals surface area contributed by atoms with Gasteiger partial charge in [-0.3, -0.25) is 0 Å². The van der Waals surface area contributed by atoms with E-state index in [9.17, 15) is 0 Å². The van der Waals surface area contributed by atoms with Crippen molar-refractivity contribution in [3.05, 3.63) is 18.2 Å². The summed E-state index contributed by atoms with van der Waals surface area (Å²) >= 11 is 0. The Bertz CT molecular complexity index is 483. The van der Waals surface area contributed by atoms with Crippen LogP contribution in [-0.2, 0) is 4.74 Å². The predicted octanol–water partition coefficient (Wildman–Crippen LogP) is 3.54. The Morgan fingerprint density at radius 1 is 1.19 bits per heavy atom. The highest BCUT2D eigenvalue weighted by atomic mass is 16.6. The van der Waals surface area contributed by atoms with Crippen molar-refractivity contribution in [3.8, 4) is 11.5 Å². The van der Waals surface area contributed by atoms with E-state index in [1.54, 1.807) is 7.11 Å². The standard InChI is InChI=1S/C17H25NO3/c1-19-15-6-5-13(18)11-16(15)20-12-14-7-10-17(21-14)8-3-2-4-9-17/h5-6,11,14H,2-4,7-10,12,18H2,1H3. The molecule has 1 unspecified atom stereocenters. The number of rotatable bonds is 4. The molecule has 1 aromatic carbocycles. The lowest BCUT2D eigenvalue weighted by Crippen LogP contribution is -2.32. The van der Waals surface area contributed by atoms with E-state index in [2.05, 4.69) is 0 Å². The molecule has 2 N–H and O–H groups in total. The number of nitrogens with two attached hydrogens (primary N) is 1. The molecule has 116 valence electrons. The van der Waals surface area contributed by atoms with E-state index in [0.717, 1.165) is 12.2 Å². The first-order chi connectivity index (χ1) is 10.2. The quantitative estimate of drug-likeness (QED) is 0.862. The number of ether oxygens (including phenoxy) is 3. The molecule has 1 saturated carbocycles. The van der Waals surface area contributed by atoms with Gasteiger partial charge in [-0.05, 0) is 37.8 Å². The third kappa shape index (κ3) is 3.26. The summed E-state index contributed by atoms with van der Waals surface area (Å²) in [6, 6.07) is 5.46. The van der Waals surface area contributed by atoms with Gasteiger partial charge < -0.3 is 19.9 Å². The zero-order valence-corrected chi connectivity index (χ0v) is 12.8. The van der Waals surface area contributed by atoms with E-state index < -0.39 is 0 Å². The average molecular weight is 291 g/mol. The number of nitrogen functional groups attached to an aromatic ring is 1. The summed E-state index contributed by atoms with van der Waals surface area (Å²) in [5, 5.41) is 0. The third-order valence-corrected chi connectivity index (χ3v) is 4.72. The van der Waals surface area contributed by atoms with Crippen LogP contribution in [0.1, 0.15) is 44.9 Å². The van der Waals surface area contributed by atoms with Crippen LogP contribution in [0.3, 0.4) is 0 Å². The van der Waals surface area contributed by atoms with Crippen LogP contribution in [0.4, 0.5) is 5.69 Å². The first-order valence-electron chi connectivity index (χ1n) is 7.95. The Hall–Kier alpha value is -1.42. The first-order valence-corrected chi connectivity index (χ1v) is 7.95. The van der Waals surface area contributed by atoms with Gasteiger partial charge in [-0.25, -0.2) is 0 Å². The minimum atomic E-state index is 0.145. The fourth-order valence-electron chi connectivity index (χ4n) is 3.57. The van der Waals surface area contributed by atoms with Crippen LogP contribution in [0, 0.1) is 0 Å². The molecule has 2 fully saturated rings. The summed E-state index contributed by atoms with van der Waals surface area (Å²) < 4.78 is 17.5. The molecule has 1 heterocycles. The van der Waals surface area contributed by atoms with Crippen LogP contribution in [0.25, 0.3) is 0 Å². The SMILES string of the molecule is COc1ccc(N)cc1OCC1CCC2(CCCCC2)O1. The number of anilines is 1. The molecule has 1 atom stereocenters. The molecule has 0 amide bonds. The smallest absolute Gasteiger partial charge is 0.163 e. The second kappa shape index (κ2) is 6.14. The molecule has 0 radical (unpaired) electrons. The first kappa shape index (κ1) is 14.5. The van der Waals surface area contributed by atoms with Gasteiger partial charge in [-0.1, -0.05) is 19.3 Å². The summed E-state index contributed by atoms with van der Waals surface area (Å²) in [5.41, 5.74) is 6.64. The molecule has 2 aliphatic rings. The molecule has 1 saturated heterocycles. The number of methoxy groups -OCH3 is 1. The molecule has 1 aliphatic carbocycles. The summed E-state index contributed by atoms with van der Waals surface area (Å²) in [4.78, 5) is 0. The maximum Gasteiger partial charge on any atom is 0.163 e. The molecule has 4 nitrogen and oxygen atoms in total. The van der Waals surface area contributed by atoms with E-state index in [4.69, 9.17) is 19.9 Å². The molecular formula is C17H25NO3. The van der Waals surface area contributed by atoms with Crippen molar-refractivity contribution in [2.75, 3.05) is 19.5 Å².